The Morgan fingerprint density at radius 1 is 1.53 bits per heavy atom. The number of rotatable bonds is 6. The molecule has 0 fully saturated rings. The van der Waals surface area contributed by atoms with Crippen LogP contribution in [0.25, 0.3) is 0 Å². The minimum atomic E-state index is -0.245. The van der Waals surface area contributed by atoms with Crippen LogP contribution in [0.2, 0.25) is 0 Å². The number of aryl methyl sites for hydroxylation is 1. The summed E-state index contributed by atoms with van der Waals surface area (Å²) in [6, 6.07) is 5.94. The van der Waals surface area contributed by atoms with Crippen molar-refractivity contribution in [1.82, 2.24) is 10.3 Å². The summed E-state index contributed by atoms with van der Waals surface area (Å²) in [4.78, 5) is 14.8. The first kappa shape index (κ1) is 11.7. The van der Waals surface area contributed by atoms with E-state index in [-0.39, 0.29) is 5.91 Å². The van der Waals surface area contributed by atoms with Gasteiger partial charge in [-0.15, -0.1) is 0 Å². The highest BCUT2D eigenvalue weighted by molar-refractivity contribution is 5.73. The molecule has 0 radical (unpaired) electrons. The topological polar surface area (TPSA) is 68.0 Å². The molecule has 0 saturated carbocycles. The van der Waals surface area contributed by atoms with Crippen LogP contribution in [0.5, 0.6) is 0 Å². The maximum absolute atomic E-state index is 10.5. The molecule has 0 aromatic carbocycles. The van der Waals surface area contributed by atoms with Gasteiger partial charge in [0.1, 0.15) is 0 Å². The number of carbonyl (C=O) groups excluding carboxylic acids is 1. The fourth-order valence-corrected chi connectivity index (χ4v) is 1.30. The fraction of sp³-hybridized carbons (Fsp3) is 0.455. The third kappa shape index (κ3) is 5.12. The van der Waals surface area contributed by atoms with Crippen molar-refractivity contribution < 1.29 is 4.79 Å². The maximum Gasteiger partial charge on any atom is 0.217 e. The predicted octanol–water partition coefficient (Wildman–Crippen LogP) is 0.745. The van der Waals surface area contributed by atoms with Crippen LogP contribution in [0.3, 0.4) is 0 Å². The Hall–Kier alpha value is -1.42. The molecule has 0 aliphatic heterocycles. The summed E-state index contributed by atoms with van der Waals surface area (Å²) in [6.07, 6.45) is 1.22. The van der Waals surface area contributed by atoms with Crippen LogP contribution in [0.15, 0.2) is 18.2 Å². The van der Waals surface area contributed by atoms with Crippen LogP contribution < -0.4 is 11.1 Å². The summed E-state index contributed by atoms with van der Waals surface area (Å²) in [5.41, 5.74) is 7.07. The maximum atomic E-state index is 10.5. The normalized spacial score (nSPS) is 10.2. The second-order valence-corrected chi connectivity index (χ2v) is 3.52. The molecule has 3 N–H and O–H groups in total. The fourth-order valence-electron chi connectivity index (χ4n) is 1.30. The molecule has 1 aromatic rings. The van der Waals surface area contributed by atoms with Crippen LogP contribution in [0, 0.1) is 6.92 Å². The highest BCUT2D eigenvalue weighted by Gasteiger charge is 1.96. The summed E-state index contributed by atoms with van der Waals surface area (Å²) in [5.74, 6) is -0.245. The molecule has 1 amide bonds. The number of primary amides is 1. The van der Waals surface area contributed by atoms with Crippen LogP contribution in [0.1, 0.15) is 24.2 Å². The average Bonchev–Trinajstić information content (AvgIpc) is 2.17. The van der Waals surface area contributed by atoms with Crippen molar-refractivity contribution in [2.45, 2.75) is 26.3 Å². The molecular formula is C11H17N3O. The van der Waals surface area contributed by atoms with E-state index in [9.17, 15) is 4.79 Å². The van der Waals surface area contributed by atoms with Gasteiger partial charge in [-0.1, -0.05) is 6.07 Å². The molecular weight excluding hydrogens is 190 g/mol. The first-order valence-corrected chi connectivity index (χ1v) is 5.10. The summed E-state index contributed by atoms with van der Waals surface area (Å²) in [5, 5.41) is 3.21. The van der Waals surface area contributed by atoms with Crippen LogP contribution >= 0.6 is 0 Å². The third-order valence-electron chi connectivity index (χ3n) is 2.03. The second-order valence-electron chi connectivity index (χ2n) is 3.52. The van der Waals surface area contributed by atoms with Crippen molar-refractivity contribution >= 4 is 5.91 Å². The van der Waals surface area contributed by atoms with Gasteiger partial charge in [0.2, 0.25) is 5.91 Å². The minimum absolute atomic E-state index is 0.245. The van der Waals surface area contributed by atoms with E-state index in [4.69, 9.17) is 5.73 Å². The van der Waals surface area contributed by atoms with Gasteiger partial charge in [0.05, 0.1) is 5.69 Å². The lowest BCUT2D eigenvalue weighted by atomic mass is 10.3. The van der Waals surface area contributed by atoms with Gasteiger partial charge in [-0.3, -0.25) is 9.78 Å². The Morgan fingerprint density at radius 2 is 2.33 bits per heavy atom. The zero-order chi connectivity index (χ0) is 11.1. The van der Waals surface area contributed by atoms with Crippen molar-refractivity contribution in [2.75, 3.05) is 6.54 Å². The smallest absolute Gasteiger partial charge is 0.217 e. The molecule has 0 atom stereocenters. The van der Waals surface area contributed by atoms with E-state index >= 15 is 0 Å². The standard InChI is InChI=1S/C11H17N3O/c1-9-4-2-5-10(14-9)8-13-7-3-6-11(12)15/h2,4-5,13H,3,6-8H2,1H3,(H2,12,15). The van der Waals surface area contributed by atoms with Crippen molar-refractivity contribution in [3.63, 3.8) is 0 Å². The largest absolute Gasteiger partial charge is 0.370 e. The first-order chi connectivity index (χ1) is 7.18. The second kappa shape index (κ2) is 6.14. The summed E-state index contributed by atoms with van der Waals surface area (Å²) >= 11 is 0. The number of nitrogens with two attached hydrogens (primary N) is 1. The molecule has 0 spiro atoms. The van der Waals surface area contributed by atoms with E-state index in [1.165, 1.54) is 0 Å². The van der Waals surface area contributed by atoms with Crippen LogP contribution in [-0.4, -0.2) is 17.4 Å². The molecule has 0 aliphatic rings. The third-order valence-corrected chi connectivity index (χ3v) is 2.03. The number of aromatic nitrogens is 1. The summed E-state index contributed by atoms with van der Waals surface area (Å²) < 4.78 is 0. The quantitative estimate of drug-likeness (QED) is 0.676. The van der Waals surface area contributed by atoms with E-state index in [0.29, 0.717) is 6.42 Å². The van der Waals surface area contributed by atoms with Gasteiger partial charge in [-0.05, 0) is 32.0 Å². The van der Waals surface area contributed by atoms with Gasteiger partial charge in [0.25, 0.3) is 0 Å². The van der Waals surface area contributed by atoms with E-state index < -0.39 is 0 Å². The molecule has 82 valence electrons. The Bertz CT molecular complexity index is 325. The summed E-state index contributed by atoms with van der Waals surface area (Å²) in [7, 11) is 0. The van der Waals surface area contributed by atoms with Crippen molar-refractivity contribution in [3.05, 3.63) is 29.6 Å². The number of amides is 1. The monoisotopic (exact) mass is 207 g/mol. The molecule has 0 unspecified atom stereocenters. The Labute approximate surface area is 89.9 Å². The summed E-state index contributed by atoms with van der Waals surface area (Å²) in [6.45, 7) is 3.50. The van der Waals surface area contributed by atoms with E-state index in [1.807, 2.05) is 25.1 Å². The van der Waals surface area contributed by atoms with E-state index in [2.05, 4.69) is 10.3 Å². The van der Waals surface area contributed by atoms with Crippen molar-refractivity contribution in [3.8, 4) is 0 Å². The number of pyridine rings is 1. The van der Waals surface area contributed by atoms with Crippen LogP contribution in [-0.2, 0) is 11.3 Å². The van der Waals surface area contributed by atoms with Crippen LogP contribution in [0.4, 0.5) is 0 Å². The molecule has 0 saturated heterocycles. The van der Waals surface area contributed by atoms with Crippen molar-refractivity contribution in [2.24, 2.45) is 5.73 Å². The molecule has 1 rings (SSSR count). The SMILES string of the molecule is Cc1cccc(CNCCCC(N)=O)n1. The average molecular weight is 207 g/mol. The van der Waals surface area contributed by atoms with Gasteiger partial charge in [0, 0.05) is 18.7 Å². The zero-order valence-electron chi connectivity index (χ0n) is 8.99. The van der Waals surface area contributed by atoms with Crippen molar-refractivity contribution in [1.29, 1.82) is 0 Å². The molecule has 1 heterocycles. The number of nitrogens with zero attached hydrogens (tertiary/aromatic N) is 1. The van der Waals surface area contributed by atoms with Gasteiger partial charge in [-0.25, -0.2) is 0 Å². The molecule has 0 bridgehead atoms. The molecule has 4 heteroatoms. The van der Waals surface area contributed by atoms with Gasteiger partial charge < -0.3 is 11.1 Å². The first-order valence-electron chi connectivity index (χ1n) is 5.10. The lowest BCUT2D eigenvalue weighted by Crippen LogP contribution is -2.18. The molecule has 15 heavy (non-hydrogen) atoms. The predicted molar refractivity (Wildman–Crippen MR) is 59.1 cm³/mol. The number of carbonyl (C=O) groups is 1. The zero-order valence-corrected chi connectivity index (χ0v) is 8.99. The molecule has 1 aromatic heterocycles. The lowest BCUT2D eigenvalue weighted by molar-refractivity contribution is -0.118. The van der Waals surface area contributed by atoms with Gasteiger partial charge in [-0.2, -0.15) is 0 Å². The number of hydrogen-bond donors (Lipinski definition) is 2. The highest BCUT2D eigenvalue weighted by Crippen LogP contribution is 1.97. The molecule has 0 aliphatic carbocycles. The van der Waals surface area contributed by atoms with Gasteiger partial charge in [0.15, 0.2) is 0 Å². The Balaban J connectivity index is 2.17. The van der Waals surface area contributed by atoms with E-state index in [0.717, 1.165) is 30.9 Å². The Kier molecular flexibility index (Phi) is 4.77. The van der Waals surface area contributed by atoms with Gasteiger partial charge >= 0.3 is 0 Å². The Morgan fingerprint density at radius 3 is 3.00 bits per heavy atom. The highest BCUT2D eigenvalue weighted by atomic mass is 16.1. The lowest BCUT2D eigenvalue weighted by Gasteiger charge is -2.03. The molecule has 4 nitrogen and oxygen atoms in total. The minimum Gasteiger partial charge on any atom is -0.370 e. The number of hydrogen-bond acceptors (Lipinski definition) is 3. The number of nitrogens with one attached hydrogen (secondary N) is 1. The van der Waals surface area contributed by atoms with E-state index in [1.54, 1.807) is 0 Å².